The number of ether oxygens (including phenoxy) is 1. The third kappa shape index (κ3) is 3.03. The number of benzene rings is 2. The van der Waals surface area contributed by atoms with Gasteiger partial charge in [0.1, 0.15) is 12.4 Å². The summed E-state index contributed by atoms with van der Waals surface area (Å²) in [5.41, 5.74) is 1.52. The van der Waals surface area contributed by atoms with Gasteiger partial charge in [0.15, 0.2) is 5.84 Å². The fourth-order valence-corrected chi connectivity index (χ4v) is 2.26. The van der Waals surface area contributed by atoms with E-state index in [2.05, 4.69) is 9.98 Å². The van der Waals surface area contributed by atoms with Crippen LogP contribution in [0.2, 0.25) is 0 Å². The summed E-state index contributed by atoms with van der Waals surface area (Å²) < 4.78 is 5.31. The Hall–Kier alpha value is -3.22. The fraction of sp³-hybridized carbons (Fsp3) is 0.125. The first-order valence-electron chi connectivity index (χ1n) is 6.92. The van der Waals surface area contributed by atoms with Crippen LogP contribution in [0.1, 0.15) is 5.56 Å². The number of non-ortho nitro benzene ring substituents is 1. The van der Waals surface area contributed by atoms with Crippen molar-refractivity contribution in [3.05, 3.63) is 64.2 Å². The van der Waals surface area contributed by atoms with Gasteiger partial charge in [-0.25, -0.2) is 9.98 Å². The zero-order valence-electron chi connectivity index (χ0n) is 12.4. The molecule has 1 aliphatic heterocycles. The van der Waals surface area contributed by atoms with Crippen molar-refractivity contribution in [2.45, 2.75) is 0 Å². The van der Waals surface area contributed by atoms with Gasteiger partial charge < -0.3 is 9.64 Å². The van der Waals surface area contributed by atoms with Gasteiger partial charge in [-0.1, -0.05) is 18.2 Å². The predicted molar refractivity (Wildman–Crippen MR) is 88.5 cm³/mol. The number of anilines is 1. The van der Waals surface area contributed by atoms with E-state index in [4.69, 9.17) is 4.74 Å². The second kappa shape index (κ2) is 6.27. The van der Waals surface area contributed by atoms with Gasteiger partial charge in [-0.3, -0.25) is 10.1 Å². The maximum absolute atomic E-state index is 10.9. The van der Waals surface area contributed by atoms with Crippen molar-refractivity contribution >= 4 is 23.5 Å². The summed E-state index contributed by atoms with van der Waals surface area (Å²) in [6.07, 6.45) is 1.62. The molecule has 0 saturated carbocycles. The summed E-state index contributed by atoms with van der Waals surface area (Å²) >= 11 is 0. The zero-order valence-corrected chi connectivity index (χ0v) is 12.4. The van der Waals surface area contributed by atoms with E-state index in [1.54, 1.807) is 30.5 Å². The highest BCUT2D eigenvalue weighted by Gasteiger charge is 2.15. The summed E-state index contributed by atoms with van der Waals surface area (Å²) in [4.78, 5) is 21.0. The van der Waals surface area contributed by atoms with Crippen molar-refractivity contribution in [1.82, 2.24) is 0 Å². The van der Waals surface area contributed by atoms with E-state index >= 15 is 0 Å². The molecule has 1 aliphatic rings. The molecule has 0 saturated heterocycles. The number of nitro groups is 1. The van der Waals surface area contributed by atoms with Crippen LogP contribution in [0.5, 0.6) is 5.75 Å². The molecule has 0 aliphatic carbocycles. The van der Waals surface area contributed by atoms with Crippen LogP contribution in [-0.2, 0) is 0 Å². The Bertz CT molecular complexity index is 801. The third-order valence-corrected chi connectivity index (χ3v) is 3.41. The summed E-state index contributed by atoms with van der Waals surface area (Å²) in [5, 5.41) is 10.9. The van der Waals surface area contributed by atoms with E-state index in [0.717, 1.165) is 5.56 Å². The predicted octanol–water partition coefficient (Wildman–Crippen LogP) is 2.86. The minimum Gasteiger partial charge on any atom is -0.496 e. The Balaban J connectivity index is 1.83. The largest absolute Gasteiger partial charge is 0.496 e. The van der Waals surface area contributed by atoms with E-state index in [-0.39, 0.29) is 5.69 Å². The Morgan fingerprint density at radius 1 is 1.22 bits per heavy atom. The summed E-state index contributed by atoms with van der Waals surface area (Å²) in [6.45, 7) is 0.331. The second-order valence-electron chi connectivity index (χ2n) is 4.81. The number of hydrogen-bond donors (Lipinski definition) is 0. The molecule has 7 heteroatoms. The standard InChI is InChI=1S/C16H14N4O3/c1-23-15-8-3-2-7-14(15)16-17-10-19(11-18-16)12-5-4-6-13(9-12)20(21)22/h2-10H,11H2,1H3. The smallest absolute Gasteiger partial charge is 0.271 e. The molecular formula is C16H14N4O3. The summed E-state index contributed by atoms with van der Waals surface area (Å²) in [5.74, 6) is 1.27. The van der Waals surface area contributed by atoms with E-state index in [1.165, 1.54) is 12.1 Å². The molecule has 7 nitrogen and oxygen atoms in total. The number of para-hydroxylation sites is 1. The third-order valence-electron chi connectivity index (χ3n) is 3.41. The topological polar surface area (TPSA) is 80.3 Å². The lowest BCUT2D eigenvalue weighted by Crippen LogP contribution is -2.26. The molecular weight excluding hydrogens is 296 g/mol. The van der Waals surface area contributed by atoms with Crippen LogP contribution < -0.4 is 9.64 Å². The van der Waals surface area contributed by atoms with Gasteiger partial charge >= 0.3 is 0 Å². The number of aliphatic imine (C=N–C) groups is 2. The highest BCUT2D eigenvalue weighted by atomic mass is 16.6. The molecule has 3 rings (SSSR count). The van der Waals surface area contributed by atoms with Gasteiger partial charge in [-0.15, -0.1) is 0 Å². The Kier molecular flexibility index (Phi) is 4.01. The van der Waals surface area contributed by atoms with Crippen LogP contribution in [0.3, 0.4) is 0 Å². The Labute approximate surface area is 132 Å². The highest BCUT2D eigenvalue weighted by molar-refractivity contribution is 6.07. The van der Waals surface area contributed by atoms with Gasteiger partial charge in [0.05, 0.1) is 29.6 Å². The molecule has 0 bridgehead atoms. The molecule has 0 radical (unpaired) electrons. The molecule has 0 fully saturated rings. The Morgan fingerprint density at radius 3 is 2.74 bits per heavy atom. The SMILES string of the molecule is COc1ccccc1C1=NCN(c2cccc([N+](=O)[O-])c2)C=N1. The molecule has 2 aromatic carbocycles. The number of amidine groups is 1. The van der Waals surface area contributed by atoms with Crippen molar-refractivity contribution in [2.24, 2.45) is 9.98 Å². The molecule has 0 aromatic heterocycles. The van der Waals surface area contributed by atoms with Gasteiger partial charge in [0.25, 0.3) is 5.69 Å². The van der Waals surface area contributed by atoms with Crippen LogP contribution in [-0.4, -0.2) is 30.9 Å². The van der Waals surface area contributed by atoms with E-state index in [0.29, 0.717) is 23.9 Å². The van der Waals surface area contributed by atoms with Crippen molar-refractivity contribution in [3.8, 4) is 5.75 Å². The van der Waals surface area contributed by atoms with Crippen molar-refractivity contribution in [2.75, 3.05) is 18.7 Å². The molecule has 2 aromatic rings. The molecule has 1 heterocycles. The first-order valence-corrected chi connectivity index (χ1v) is 6.92. The van der Waals surface area contributed by atoms with Crippen LogP contribution in [0.15, 0.2) is 58.5 Å². The minimum absolute atomic E-state index is 0.0374. The van der Waals surface area contributed by atoms with Crippen molar-refractivity contribution in [1.29, 1.82) is 0 Å². The van der Waals surface area contributed by atoms with E-state index in [9.17, 15) is 10.1 Å². The molecule has 23 heavy (non-hydrogen) atoms. The van der Waals surface area contributed by atoms with E-state index < -0.39 is 4.92 Å². The van der Waals surface area contributed by atoms with Crippen LogP contribution in [0, 0.1) is 10.1 Å². The van der Waals surface area contributed by atoms with Crippen molar-refractivity contribution in [3.63, 3.8) is 0 Å². The number of nitro benzene ring substituents is 1. The molecule has 0 amide bonds. The summed E-state index contributed by atoms with van der Waals surface area (Å²) in [6, 6.07) is 13.9. The molecule has 0 unspecified atom stereocenters. The quantitative estimate of drug-likeness (QED) is 0.642. The monoisotopic (exact) mass is 310 g/mol. The Morgan fingerprint density at radius 2 is 2.04 bits per heavy atom. The number of rotatable bonds is 4. The van der Waals surface area contributed by atoms with Gasteiger partial charge in [0.2, 0.25) is 0 Å². The van der Waals surface area contributed by atoms with Gasteiger partial charge in [-0.2, -0.15) is 0 Å². The molecule has 0 atom stereocenters. The van der Waals surface area contributed by atoms with Crippen LogP contribution >= 0.6 is 0 Å². The van der Waals surface area contributed by atoms with E-state index in [1.807, 2.05) is 24.3 Å². The van der Waals surface area contributed by atoms with Crippen LogP contribution in [0.25, 0.3) is 0 Å². The van der Waals surface area contributed by atoms with Gasteiger partial charge in [0, 0.05) is 12.1 Å². The number of hydrogen-bond acceptors (Lipinski definition) is 6. The lowest BCUT2D eigenvalue weighted by Gasteiger charge is -2.21. The molecule has 116 valence electrons. The van der Waals surface area contributed by atoms with Crippen molar-refractivity contribution < 1.29 is 9.66 Å². The molecule has 0 N–H and O–H groups in total. The lowest BCUT2D eigenvalue weighted by atomic mass is 10.2. The average Bonchev–Trinajstić information content (AvgIpc) is 2.62. The normalized spacial score (nSPS) is 13.6. The average molecular weight is 310 g/mol. The summed E-state index contributed by atoms with van der Waals surface area (Å²) in [7, 11) is 1.60. The highest BCUT2D eigenvalue weighted by Crippen LogP contribution is 2.23. The number of nitrogens with zero attached hydrogens (tertiary/aromatic N) is 4. The number of methoxy groups -OCH3 is 1. The lowest BCUT2D eigenvalue weighted by molar-refractivity contribution is -0.384. The second-order valence-corrected chi connectivity index (χ2v) is 4.81. The van der Waals surface area contributed by atoms with Crippen LogP contribution in [0.4, 0.5) is 11.4 Å². The zero-order chi connectivity index (χ0) is 16.2. The first kappa shape index (κ1) is 14.7. The van der Waals surface area contributed by atoms with Gasteiger partial charge in [-0.05, 0) is 18.2 Å². The minimum atomic E-state index is -0.423. The fourth-order valence-electron chi connectivity index (χ4n) is 2.26. The first-order chi connectivity index (χ1) is 11.2. The maximum atomic E-state index is 10.9. The molecule has 0 spiro atoms. The maximum Gasteiger partial charge on any atom is 0.271 e.